The van der Waals surface area contributed by atoms with E-state index in [1.165, 1.54) is 0 Å². The molecule has 19 heavy (non-hydrogen) atoms. The van der Waals surface area contributed by atoms with Gasteiger partial charge in [-0.05, 0) is 42.8 Å². The van der Waals surface area contributed by atoms with Crippen LogP contribution in [-0.2, 0) is 0 Å². The van der Waals surface area contributed by atoms with Crippen LogP contribution in [-0.4, -0.2) is 5.91 Å². The lowest BCUT2D eigenvalue weighted by Crippen LogP contribution is -2.26. The van der Waals surface area contributed by atoms with Gasteiger partial charge in [-0.15, -0.1) is 12.6 Å². The largest absolute Gasteiger partial charge is 0.346 e. The van der Waals surface area contributed by atoms with Gasteiger partial charge in [-0.3, -0.25) is 4.79 Å². The molecule has 0 fully saturated rings. The van der Waals surface area contributed by atoms with E-state index in [9.17, 15) is 4.79 Å². The first-order chi connectivity index (χ1) is 9.06. The summed E-state index contributed by atoms with van der Waals surface area (Å²) in [5, 5.41) is 2.97. The lowest BCUT2D eigenvalue weighted by Gasteiger charge is -2.14. The van der Waals surface area contributed by atoms with Gasteiger partial charge in [0.1, 0.15) is 0 Å². The molecule has 2 aromatic rings. The minimum Gasteiger partial charge on any atom is -0.346 e. The maximum Gasteiger partial charge on any atom is 0.251 e. The molecule has 1 atom stereocenters. The smallest absolute Gasteiger partial charge is 0.251 e. The number of carbonyl (C=O) groups excluding carboxylic acids is 1. The van der Waals surface area contributed by atoms with Crippen molar-refractivity contribution in [2.45, 2.75) is 17.9 Å². The average molecular weight is 336 g/mol. The molecule has 0 radical (unpaired) electrons. The van der Waals surface area contributed by atoms with E-state index in [1.807, 2.05) is 43.3 Å². The van der Waals surface area contributed by atoms with Crippen molar-refractivity contribution >= 4 is 34.5 Å². The zero-order chi connectivity index (χ0) is 13.8. The van der Waals surface area contributed by atoms with Crippen molar-refractivity contribution in [1.29, 1.82) is 0 Å². The van der Waals surface area contributed by atoms with Crippen LogP contribution in [0.2, 0.25) is 0 Å². The third kappa shape index (κ3) is 3.85. The molecule has 0 heterocycles. The normalized spacial score (nSPS) is 11.9. The van der Waals surface area contributed by atoms with Gasteiger partial charge in [0.15, 0.2) is 0 Å². The highest BCUT2D eigenvalue weighted by molar-refractivity contribution is 9.10. The van der Waals surface area contributed by atoms with Crippen molar-refractivity contribution in [3.63, 3.8) is 0 Å². The Morgan fingerprint density at radius 3 is 2.53 bits per heavy atom. The summed E-state index contributed by atoms with van der Waals surface area (Å²) in [4.78, 5) is 12.9. The van der Waals surface area contributed by atoms with E-state index >= 15 is 0 Å². The molecular weight excluding hydrogens is 322 g/mol. The Morgan fingerprint density at radius 2 is 1.89 bits per heavy atom. The molecule has 2 nitrogen and oxygen atoms in total. The van der Waals surface area contributed by atoms with Crippen molar-refractivity contribution in [3.8, 4) is 0 Å². The van der Waals surface area contributed by atoms with Crippen molar-refractivity contribution < 1.29 is 4.79 Å². The molecule has 0 aliphatic rings. The molecule has 2 rings (SSSR count). The molecular formula is C15H14BrNOS. The van der Waals surface area contributed by atoms with Crippen LogP contribution in [0.4, 0.5) is 0 Å². The number of benzene rings is 2. The van der Waals surface area contributed by atoms with Gasteiger partial charge in [0.2, 0.25) is 0 Å². The fourth-order valence-electron chi connectivity index (χ4n) is 1.76. The van der Waals surface area contributed by atoms with Gasteiger partial charge in [0.05, 0.1) is 6.04 Å². The minimum atomic E-state index is -0.0914. The lowest BCUT2D eigenvalue weighted by molar-refractivity contribution is 0.0939. The van der Waals surface area contributed by atoms with Crippen LogP contribution in [0.1, 0.15) is 28.9 Å². The average Bonchev–Trinajstić information content (AvgIpc) is 2.39. The Hall–Kier alpha value is -1.26. The Morgan fingerprint density at radius 1 is 1.21 bits per heavy atom. The first kappa shape index (κ1) is 14.2. The van der Waals surface area contributed by atoms with Gasteiger partial charge in [0.25, 0.3) is 5.91 Å². The number of amides is 1. The fourth-order valence-corrected chi connectivity index (χ4v) is 2.25. The lowest BCUT2D eigenvalue weighted by atomic mass is 10.1. The first-order valence-corrected chi connectivity index (χ1v) is 7.15. The summed E-state index contributed by atoms with van der Waals surface area (Å²) in [6, 6.07) is 15.1. The highest BCUT2D eigenvalue weighted by Crippen LogP contribution is 2.17. The fraction of sp³-hybridized carbons (Fsp3) is 0.133. The van der Waals surface area contributed by atoms with Crippen LogP contribution in [0.15, 0.2) is 57.9 Å². The Balaban J connectivity index is 2.08. The van der Waals surface area contributed by atoms with E-state index in [1.54, 1.807) is 12.1 Å². The molecule has 1 amide bonds. The van der Waals surface area contributed by atoms with Crippen molar-refractivity contribution in [1.82, 2.24) is 5.32 Å². The summed E-state index contributed by atoms with van der Waals surface area (Å²) in [5.41, 5.74) is 1.69. The number of carbonyl (C=O) groups is 1. The van der Waals surface area contributed by atoms with E-state index in [4.69, 9.17) is 0 Å². The molecule has 0 spiro atoms. The van der Waals surface area contributed by atoms with E-state index < -0.39 is 0 Å². The molecule has 1 N–H and O–H groups in total. The third-order valence-corrected chi connectivity index (χ3v) is 3.63. The van der Waals surface area contributed by atoms with E-state index in [0.29, 0.717) is 5.56 Å². The van der Waals surface area contributed by atoms with E-state index in [0.717, 1.165) is 14.9 Å². The number of thiol groups is 1. The molecule has 4 heteroatoms. The molecule has 98 valence electrons. The number of hydrogen-bond donors (Lipinski definition) is 2. The van der Waals surface area contributed by atoms with Crippen LogP contribution in [0, 0.1) is 0 Å². The van der Waals surface area contributed by atoms with Crippen molar-refractivity contribution in [2.75, 3.05) is 0 Å². The summed E-state index contributed by atoms with van der Waals surface area (Å²) in [6.07, 6.45) is 0. The van der Waals surface area contributed by atoms with Crippen LogP contribution < -0.4 is 5.32 Å². The van der Waals surface area contributed by atoms with E-state index in [2.05, 4.69) is 33.9 Å². The predicted octanol–water partition coefficient (Wildman–Crippen LogP) is 4.23. The predicted molar refractivity (Wildman–Crippen MR) is 83.7 cm³/mol. The minimum absolute atomic E-state index is 0.0378. The second kappa shape index (κ2) is 6.26. The van der Waals surface area contributed by atoms with Crippen molar-refractivity contribution in [2.24, 2.45) is 0 Å². The third-order valence-electron chi connectivity index (χ3n) is 2.83. The summed E-state index contributed by atoms with van der Waals surface area (Å²) in [6.45, 7) is 1.96. The molecule has 1 unspecified atom stereocenters. The standard InChI is InChI=1S/C15H14BrNOS/c1-10(11-5-7-13(16)8-6-11)17-15(18)12-3-2-4-14(19)9-12/h2-10,19H,1H3,(H,17,18). The van der Waals surface area contributed by atoms with Gasteiger partial charge in [0, 0.05) is 14.9 Å². The van der Waals surface area contributed by atoms with Gasteiger partial charge in [-0.1, -0.05) is 34.1 Å². The topological polar surface area (TPSA) is 29.1 Å². The molecule has 0 saturated heterocycles. The van der Waals surface area contributed by atoms with E-state index in [-0.39, 0.29) is 11.9 Å². The highest BCUT2D eigenvalue weighted by atomic mass is 79.9. The van der Waals surface area contributed by atoms with Crippen LogP contribution in [0.25, 0.3) is 0 Å². The van der Waals surface area contributed by atoms with Crippen LogP contribution >= 0.6 is 28.6 Å². The molecule has 0 aliphatic heterocycles. The second-order valence-electron chi connectivity index (χ2n) is 4.30. The molecule has 0 bridgehead atoms. The maximum absolute atomic E-state index is 12.1. The first-order valence-electron chi connectivity index (χ1n) is 5.91. The SMILES string of the molecule is CC(NC(=O)c1cccc(S)c1)c1ccc(Br)cc1. The van der Waals surface area contributed by atoms with Gasteiger partial charge < -0.3 is 5.32 Å². The van der Waals surface area contributed by atoms with Crippen molar-refractivity contribution in [3.05, 3.63) is 64.1 Å². The summed E-state index contributed by atoms with van der Waals surface area (Å²) in [5.74, 6) is -0.0914. The Kier molecular flexibility index (Phi) is 4.66. The zero-order valence-corrected chi connectivity index (χ0v) is 12.9. The number of nitrogens with one attached hydrogen (secondary N) is 1. The van der Waals surface area contributed by atoms with Crippen LogP contribution in [0.5, 0.6) is 0 Å². The summed E-state index contributed by atoms with van der Waals surface area (Å²) in [7, 11) is 0. The highest BCUT2D eigenvalue weighted by Gasteiger charge is 2.11. The van der Waals surface area contributed by atoms with Gasteiger partial charge in [-0.25, -0.2) is 0 Å². The monoisotopic (exact) mass is 335 g/mol. The number of halogens is 1. The van der Waals surface area contributed by atoms with Crippen LogP contribution in [0.3, 0.4) is 0 Å². The zero-order valence-electron chi connectivity index (χ0n) is 10.4. The molecule has 0 saturated carbocycles. The summed E-state index contributed by atoms with van der Waals surface area (Å²) < 4.78 is 1.03. The number of rotatable bonds is 3. The second-order valence-corrected chi connectivity index (χ2v) is 5.73. The van der Waals surface area contributed by atoms with Gasteiger partial charge >= 0.3 is 0 Å². The van der Waals surface area contributed by atoms with Gasteiger partial charge in [-0.2, -0.15) is 0 Å². The molecule has 0 aliphatic carbocycles. The number of hydrogen-bond acceptors (Lipinski definition) is 2. The summed E-state index contributed by atoms with van der Waals surface area (Å²) >= 11 is 7.63. The maximum atomic E-state index is 12.1. The Labute approximate surface area is 126 Å². The molecule has 2 aromatic carbocycles. The molecule has 0 aromatic heterocycles. The Bertz CT molecular complexity index is 583. The quantitative estimate of drug-likeness (QED) is 0.807.